The molecule has 0 saturated heterocycles. The average Bonchev–Trinajstić information content (AvgIpc) is 2.07. The second-order valence-corrected chi connectivity index (χ2v) is 2.45. The number of nitrogens with zero attached hydrogens (tertiary/aromatic N) is 3. The van der Waals surface area contributed by atoms with Crippen LogP contribution in [0.5, 0.6) is 0 Å². The van der Waals surface area contributed by atoms with Crippen molar-refractivity contribution < 1.29 is 0 Å². The van der Waals surface area contributed by atoms with Crippen LogP contribution in [0.15, 0.2) is 12.3 Å². The highest BCUT2D eigenvalue weighted by Crippen LogP contribution is 2.06. The lowest BCUT2D eigenvalue weighted by molar-refractivity contribution is 0.842. The predicted molar refractivity (Wildman–Crippen MR) is 44.4 cm³/mol. The summed E-state index contributed by atoms with van der Waals surface area (Å²) in [6.07, 6.45) is 5.63. The minimum atomic E-state index is 1.00. The van der Waals surface area contributed by atoms with Gasteiger partial charge in [-0.2, -0.15) is 5.10 Å². The molecule has 3 heteroatoms. The number of aromatic nitrogens is 2. The molecule has 1 aromatic rings. The van der Waals surface area contributed by atoms with E-state index >= 15 is 0 Å². The van der Waals surface area contributed by atoms with Crippen LogP contribution in [0, 0.1) is 6.20 Å². The topological polar surface area (TPSA) is 29.0 Å². The van der Waals surface area contributed by atoms with Crippen molar-refractivity contribution in [1.29, 1.82) is 0 Å². The molecule has 0 atom stereocenters. The normalized spacial score (nSPS) is 9.64. The average molecular weight is 150 g/mol. The standard InChI is InChI=1S/C8H12N3/c1-3-6-11(2)8-4-5-9-10-7-8/h4-5H,3,6H2,1-2H3. The Bertz CT molecular complexity index is 198. The van der Waals surface area contributed by atoms with Crippen molar-refractivity contribution >= 4 is 5.69 Å². The lowest BCUT2D eigenvalue weighted by atomic mass is 10.4. The Morgan fingerprint density at radius 2 is 2.45 bits per heavy atom. The Morgan fingerprint density at radius 1 is 1.64 bits per heavy atom. The van der Waals surface area contributed by atoms with Gasteiger partial charge in [0.05, 0.1) is 11.9 Å². The van der Waals surface area contributed by atoms with E-state index in [1.165, 1.54) is 0 Å². The van der Waals surface area contributed by atoms with Gasteiger partial charge >= 0.3 is 0 Å². The van der Waals surface area contributed by atoms with Crippen molar-refractivity contribution in [3.8, 4) is 0 Å². The summed E-state index contributed by atoms with van der Waals surface area (Å²) in [5.41, 5.74) is 1.00. The molecule has 59 valence electrons. The minimum absolute atomic E-state index is 1.00. The minimum Gasteiger partial charge on any atom is -0.373 e. The van der Waals surface area contributed by atoms with Gasteiger partial charge in [-0.25, -0.2) is 0 Å². The Morgan fingerprint density at radius 3 is 3.00 bits per heavy atom. The molecule has 0 saturated carbocycles. The summed E-state index contributed by atoms with van der Waals surface area (Å²) in [6.45, 7) is 3.17. The quantitative estimate of drug-likeness (QED) is 0.646. The van der Waals surface area contributed by atoms with Crippen LogP contribution >= 0.6 is 0 Å². The number of hydrogen-bond acceptors (Lipinski definition) is 3. The molecule has 0 aliphatic heterocycles. The molecule has 0 amide bonds. The summed E-state index contributed by atoms with van der Waals surface area (Å²) >= 11 is 0. The zero-order valence-corrected chi connectivity index (χ0v) is 6.91. The van der Waals surface area contributed by atoms with Gasteiger partial charge in [0.2, 0.25) is 0 Å². The molecular weight excluding hydrogens is 138 g/mol. The maximum Gasteiger partial charge on any atom is 0.139 e. The first-order valence-corrected chi connectivity index (χ1v) is 3.75. The van der Waals surface area contributed by atoms with Gasteiger partial charge in [0.25, 0.3) is 0 Å². The molecule has 0 aliphatic rings. The highest BCUT2D eigenvalue weighted by atomic mass is 15.1. The highest BCUT2D eigenvalue weighted by Gasteiger charge is 1.97. The van der Waals surface area contributed by atoms with Crippen LogP contribution in [0.1, 0.15) is 13.3 Å². The molecule has 11 heavy (non-hydrogen) atoms. The van der Waals surface area contributed by atoms with Gasteiger partial charge in [-0.05, 0) is 12.5 Å². The molecule has 0 spiro atoms. The van der Waals surface area contributed by atoms with Gasteiger partial charge in [-0.3, -0.25) is 0 Å². The van der Waals surface area contributed by atoms with Crippen molar-refractivity contribution in [2.75, 3.05) is 18.5 Å². The van der Waals surface area contributed by atoms with Crippen molar-refractivity contribution in [3.63, 3.8) is 0 Å². The van der Waals surface area contributed by atoms with Crippen LogP contribution in [0.2, 0.25) is 0 Å². The summed E-state index contributed by atoms with van der Waals surface area (Å²) in [7, 11) is 2.02. The Kier molecular flexibility index (Phi) is 2.83. The molecule has 1 aromatic heterocycles. The third-order valence-corrected chi connectivity index (χ3v) is 1.49. The van der Waals surface area contributed by atoms with E-state index in [0.29, 0.717) is 0 Å². The maximum absolute atomic E-state index is 3.67. The van der Waals surface area contributed by atoms with Crippen molar-refractivity contribution in [1.82, 2.24) is 10.2 Å². The van der Waals surface area contributed by atoms with E-state index in [4.69, 9.17) is 0 Å². The van der Waals surface area contributed by atoms with E-state index in [1.54, 1.807) is 6.20 Å². The second kappa shape index (κ2) is 3.91. The molecule has 0 aromatic carbocycles. The molecular formula is C8H12N3. The van der Waals surface area contributed by atoms with E-state index in [9.17, 15) is 0 Å². The van der Waals surface area contributed by atoms with Gasteiger partial charge in [0.1, 0.15) is 6.20 Å². The lowest BCUT2D eigenvalue weighted by Crippen LogP contribution is -2.17. The van der Waals surface area contributed by atoms with Crippen molar-refractivity contribution in [3.05, 3.63) is 18.5 Å². The molecule has 1 heterocycles. The van der Waals surface area contributed by atoms with Gasteiger partial charge < -0.3 is 4.90 Å². The van der Waals surface area contributed by atoms with E-state index < -0.39 is 0 Å². The third-order valence-electron chi connectivity index (χ3n) is 1.49. The molecule has 3 nitrogen and oxygen atoms in total. The fourth-order valence-electron chi connectivity index (χ4n) is 0.923. The summed E-state index contributed by atoms with van der Waals surface area (Å²) in [5, 5.41) is 7.33. The van der Waals surface area contributed by atoms with E-state index in [0.717, 1.165) is 18.7 Å². The predicted octanol–water partition coefficient (Wildman–Crippen LogP) is 1.12. The number of hydrogen-bond donors (Lipinski definition) is 0. The van der Waals surface area contributed by atoms with Gasteiger partial charge in [-0.1, -0.05) is 6.92 Å². The summed E-state index contributed by atoms with van der Waals surface area (Å²) in [5.74, 6) is 0. The summed E-state index contributed by atoms with van der Waals surface area (Å²) in [6, 6.07) is 1.91. The molecule has 0 N–H and O–H groups in total. The maximum atomic E-state index is 3.67. The molecule has 0 fully saturated rings. The largest absolute Gasteiger partial charge is 0.373 e. The second-order valence-electron chi connectivity index (χ2n) is 2.45. The lowest BCUT2D eigenvalue weighted by Gasteiger charge is -2.16. The Balaban J connectivity index is 2.61. The van der Waals surface area contributed by atoms with E-state index in [2.05, 4.69) is 28.2 Å². The zero-order chi connectivity index (χ0) is 8.10. The van der Waals surface area contributed by atoms with Gasteiger partial charge in [0, 0.05) is 13.6 Å². The smallest absolute Gasteiger partial charge is 0.139 e. The fourth-order valence-corrected chi connectivity index (χ4v) is 0.923. The molecule has 1 rings (SSSR count). The van der Waals surface area contributed by atoms with Crippen LogP contribution in [0.3, 0.4) is 0 Å². The van der Waals surface area contributed by atoms with Crippen LogP contribution in [0.25, 0.3) is 0 Å². The van der Waals surface area contributed by atoms with E-state index in [1.807, 2.05) is 13.1 Å². The first kappa shape index (κ1) is 7.98. The monoisotopic (exact) mass is 150 g/mol. The molecule has 0 aliphatic carbocycles. The van der Waals surface area contributed by atoms with Crippen LogP contribution < -0.4 is 4.90 Å². The van der Waals surface area contributed by atoms with Crippen molar-refractivity contribution in [2.45, 2.75) is 13.3 Å². The third kappa shape index (κ3) is 2.18. The molecule has 1 radical (unpaired) electrons. The SMILES string of the molecule is CCCN(C)c1[c]nncc1. The first-order chi connectivity index (χ1) is 5.34. The van der Waals surface area contributed by atoms with Crippen molar-refractivity contribution in [2.24, 2.45) is 0 Å². The number of rotatable bonds is 3. The van der Waals surface area contributed by atoms with Crippen LogP contribution in [0.4, 0.5) is 5.69 Å². The molecule has 0 unspecified atom stereocenters. The van der Waals surface area contributed by atoms with Crippen LogP contribution in [-0.4, -0.2) is 23.8 Å². The number of anilines is 1. The van der Waals surface area contributed by atoms with E-state index in [-0.39, 0.29) is 0 Å². The van der Waals surface area contributed by atoms with Gasteiger partial charge in [0.15, 0.2) is 0 Å². The van der Waals surface area contributed by atoms with Crippen LogP contribution in [-0.2, 0) is 0 Å². The Labute approximate surface area is 67.1 Å². The Hall–Kier alpha value is -1.12. The van der Waals surface area contributed by atoms with Gasteiger partial charge in [-0.15, -0.1) is 5.10 Å². The highest BCUT2D eigenvalue weighted by molar-refractivity contribution is 5.40. The summed E-state index contributed by atoms with van der Waals surface area (Å²) < 4.78 is 0. The first-order valence-electron chi connectivity index (χ1n) is 3.75. The fraction of sp³-hybridized carbons (Fsp3) is 0.500. The molecule has 0 bridgehead atoms. The zero-order valence-electron chi connectivity index (χ0n) is 6.91. The summed E-state index contributed by atoms with van der Waals surface area (Å²) in [4.78, 5) is 2.11.